The number of benzene rings is 1. The fourth-order valence-electron chi connectivity index (χ4n) is 3.32. The molecule has 2 aromatic heterocycles. The first-order valence-corrected chi connectivity index (χ1v) is 8.57. The van der Waals surface area contributed by atoms with Gasteiger partial charge >= 0.3 is 0 Å². The van der Waals surface area contributed by atoms with Gasteiger partial charge in [0.15, 0.2) is 0 Å². The van der Waals surface area contributed by atoms with E-state index < -0.39 is 5.92 Å². The Bertz CT molecular complexity index is 1190. The minimum Gasteiger partial charge on any atom is -0.357 e. The van der Waals surface area contributed by atoms with Crippen LogP contribution in [0.4, 0.5) is 0 Å². The van der Waals surface area contributed by atoms with E-state index in [0.717, 1.165) is 22.0 Å². The highest BCUT2D eigenvalue weighted by molar-refractivity contribution is 6.29. The van der Waals surface area contributed by atoms with Gasteiger partial charge in [-0.3, -0.25) is 5.10 Å². The monoisotopic (exact) mass is 372 g/mol. The Hall–Kier alpha value is -3.61. The predicted molar refractivity (Wildman–Crippen MR) is 102 cm³/mol. The number of fused-ring (bicyclic) bond motifs is 1. The van der Waals surface area contributed by atoms with Crippen LogP contribution in [0, 0.1) is 22.7 Å². The number of nitriles is 2. The highest BCUT2D eigenvalue weighted by Crippen LogP contribution is 2.40. The number of pyridine rings is 1. The van der Waals surface area contributed by atoms with Gasteiger partial charge in [-0.2, -0.15) is 15.6 Å². The fourth-order valence-corrected chi connectivity index (χ4v) is 3.43. The number of aromatic nitrogens is 3. The molecule has 7 heteroatoms. The molecule has 1 atom stereocenters. The third-order valence-corrected chi connectivity index (χ3v) is 4.84. The van der Waals surface area contributed by atoms with Crippen LogP contribution in [-0.2, 0) is 0 Å². The van der Waals surface area contributed by atoms with Gasteiger partial charge in [-0.15, -0.1) is 0 Å². The minimum atomic E-state index is -0.466. The van der Waals surface area contributed by atoms with E-state index in [9.17, 15) is 10.5 Å². The van der Waals surface area contributed by atoms with Crippen molar-refractivity contribution in [2.24, 2.45) is 0 Å². The van der Waals surface area contributed by atoms with Crippen LogP contribution in [0.15, 0.2) is 59.6 Å². The maximum Gasteiger partial charge on any atom is 0.129 e. The van der Waals surface area contributed by atoms with Gasteiger partial charge in [0.05, 0.1) is 46.6 Å². The number of allylic oxidation sites excluding steroid dienone is 3. The quantitative estimate of drug-likeness (QED) is 0.661. The van der Waals surface area contributed by atoms with E-state index in [-0.39, 0.29) is 0 Å². The van der Waals surface area contributed by atoms with Crippen LogP contribution >= 0.6 is 11.6 Å². The lowest BCUT2D eigenvalue weighted by molar-refractivity contribution is 0.879. The molecule has 0 bridgehead atoms. The molecule has 3 heterocycles. The number of hydrogen-bond acceptors (Lipinski definition) is 5. The van der Waals surface area contributed by atoms with Crippen LogP contribution in [0.3, 0.4) is 0 Å². The van der Waals surface area contributed by atoms with E-state index in [1.54, 1.807) is 24.5 Å². The molecule has 0 aliphatic carbocycles. The maximum absolute atomic E-state index is 9.94. The van der Waals surface area contributed by atoms with Crippen LogP contribution < -0.4 is 5.32 Å². The zero-order valence-corrected chi connectivity index (χ0v) is 15.0. The van der Waals surface area contributed by atoms with Crippen LogP contribution in [0.25, 0.3) is 16.6 Å². The second kappa shape index (κ2) is 6.60. The summed E-state index contributed by atoms with van der Waals surface area (Å²) >= 11 is 5.89. The first kappa shape index (κ1) is 16.8. The summed E-state index contributed by atoms with van der Waals surface area (Å²) in [6.07, 6.45) is 3.34. The van der Waals surface area contributed by atoms with Crippen LogP contribution in [0.2, 0.25) is 5.15 Å². The maximum atomic E-state index is 9.94. The molecule has 3 aromatic rings. The molecule has 2 N–H and O–H groups in total. The van der Waals surface area contributed by atoms with Crippen LogP contribution in [-0.4, -0.2) is 15.2 Å². The molecule has 0 amide bonds. The van der Waals surface area contributed by atoms with E-state index in [0.29, 0.717) is 27.7 Å². The second-order valence-corrected chi connectivity index (χ2v) is 6.58. The Morgan fingerprint density at radius 1 is 1.07 bits per heavy atom. The van der Waals surface area contributed by atoms with Gasteiger partial charge < -0.3 is 5.32 Å². The number of H-pyrrole nitrogens is 1. The van der Waals surface area contributed by atoms with Crippen molar-refractivity contribution in [1.82, 2.24) is 20.5 Å². The normalized spacial score (nSPS) is 16.8. The average molecular weight is 373 g/mol. The molecule has 6 nitrogen and oxygen atoms in total. The summed E-state index contributed by atoms with van der Waals surface area (Å²) in [4.78, 5) is 4.11. The summed E-state index contributed by atoms with van der Waals surface area (Å²) in [5.74, 6) is -0.466. The van der Waals surface area contributed by atoms with Crippen LogP contribution in [0.1, 0.15) is 24.0 Å². The molecule has 1 aliphatic rings. The zero-order valence-electron chi connectivity index (χ0n) is 14.3. The molecule has 0 saturated carbocycles. The highest BCUT2D eigenvalue weighted by atomic mass is 35.5. The molecule has 1 aromatic carbocycles. The number of nitrogens with one attached hydrogen (secondary N) is 2. The standard InChI is InChI=1S/C20H13ClN6/c1-11-15(7-22)19(12-2-4-17-14(6-12)10-25-27-17)16(8-23)20(26-11)13-3-5-18(21)24-9-13/h2-6,9-10,19,26H,1H3,(H,25,27). The van der Waals surface area contributed by atoms with Gasteiger partial charge in [0.1, 0.15) is 5.15 Å². The Balaban J connectivity index is 1.94. The van der Waals surface area contributed by atoms with Crippen LogP contribution in [0.5, 0.6) is 0 Å². The Kier molecular flexibility index (Phi) is 4.12. The van der Waals surface area contributed by atoms with Crippen molar-refractivity contribution in [1.29, 1.82) is 10.5 Å². The van der Waals surface area contributed by atoms with Gasteiger partial charge in [0, 0.05) is 22.8 Å². The number of rotatable bonds is 2. The molecule has 27 heavy (non-hydrogen) atoms. The predicted octanol–water partition coefficient (Wildman–Crippen LogP) is 4.03. The smallest absolute Gasteiger partial charge is 0.129 e. The second-order valence-electron chi connectivity index (χ2n) is 6.20. The molecule has 4 rings (SSSR count). The first-order valence-electron chi connectivity index (χ1n) is 8.19. The first-order chi connectivity index (χ1) is 13.1. The average Bonchev–Trinajstić information content (AvgIpc) is 3.15. The summed E-state index contributed by atoms with van der Waals surface area (Å²) in [7, 11) is 0. The van der Waals surface area contributed by atoms with Gasteiger partial charge in [0.25, 0.3) is 0 Å². The summed E-state index contributed by atoms with van der Waals surface area (Å²) < 4.78 is 0. The summed E-state index contributed by atoms with van der Waals surface area (Å²) in [5, 5.41) is 31.1. The Labute approximate surface area is 160 Å². The third-order valence-electron chi connectivity index (χ3n) is 4.62. The van der Waals surface area contributed by atoms with Gasteiger partial charge in [-0.25, -0.2) is 4.98 Å². The molecule has 0 saturated heterocycles. The van der Waals surface area contributed by atoms with Gasteiger partial charge in [0.2, 0.25) is 0 Å². The Morgan fingerprint density at radius 3 is 2.59 bits per heavy atom. The van der Waals surface area contributed by atoms with E-state index in [1.807, 2.05) is 25.1 Å². The van der Waals surface area contributed by atoms with E-state index in [4.69, 9.17) is 11.6 Å². The minimum absolute atomic E-state index is 0.376. The molecular weight excluding hydrogens is 360 g/mol. The van der Waals surface area contributed by atoms with Crippen molar-refractivity contribution in [2.45, 2.75) is 12.8 Å². The van der Waals surface area contributed by atoms with Crippen molar-refractivity contribution < 1.29 is 0 Å². The largest absolute Gasteiger partial charge is 0.357 e. The number of aromatic amines is 1. The van der Waals surface area contributed by atoms with Crippen molar-refractivity contribution in [3.63, 3.8) is 0 Å². The van der Waals surface area contributed by atoms with Gasteiger partial charge in [-0.1, -0.05) is 17.7 Å². The molecule has 0 spiro atoms. The van der Waals surface area contributed by atoms with E-state index in [2.05, 4.69) is 32.6 Å². The lowest BCUT2D eigenvalue weighted by Crippen LogP contribution is -2.24. The molecular formula is C20H13ClN6. The zero-order chi connectivity index (χ0) is 19.0. The third kappa shape index (κ3) is 2.83. The molecule has 130 valence electrons. The van der Waals surface area contributed by atoms with Crippen molar-refractivity contribution >= 4 is 28.2 Å². The van der Waals surface area contributed by atoms with E-state index >= 15 is 0 Å². The number of nitrogens with zero attached hydrogens (tertiary/aromatic N) is 4. The highest BCUT2D eigenvalue weighted by Gasteiger charge is 2.31. The lowest BCUT2D eigenvalue weighted by atomic mass is 9.80. The summed E-state index contributed by atoms with van der Waals surface area (Å²) in [5.41, 5.74) is 4.81. The van der Waals surface area contributed by atoms with E-state index in [1.165, 1.54) is 0 Å². The van der Waals surface area contributed by atoms with Crippen molar-refractivity contribution in [3.8, 4) is 12.1 Å². The number of halogens is 1. The molecule has 0 fully saturated rings. The van der Waals surface area contributed by atoms with Crippen molar-refractivity contribution in [3.05, 3.63) is 75.8 Å². The molecule has 1 unspecified atom stereocenters. The molecule has 0 radical (unpaired) electrons. The molecule has 1 aliphatic heterocycles. The summed E-state index contributed by atoms with van der Waals surface area (Å²) in [6, 6.07) is 13.8. The summed E-state index contributed by atoms with van der Waals surface area (Å²) in [6.45, 7) is 1.83. The number of dihydropyridines is 1. The topological polar surface area (TPSA) is 101 Å². The lowest BCUT2D eigenvalue weighted by Gasteiger charge is -2.27. The van der Waals surface area contributed by atoms with Crippen molar-refractivity contribution in [2.75, 3.05) is 0 Å². The number of hydrogen-bond donors (Lipinski definition) is 2. The Morgan fingerprint density at radius 2 is 1.89 bits per heavy atom. The SMILES string of the molecule is CC1=C(C#N)C(c2ccc3[nH]ncc3c2)C(C#N)=C(c2ccc(Cl)nc2)N1. The van der Waals surface area contributed by atoms with Gasteiger partial charge in [-0.05, 0) is 36.8 Å². The fraction of sp³-hybridized carbons (Fsp3) is 0.100.